The lowest BCUT2D eigenvalue weighted by atomic mass is 9.90. The molecular formula is C26H22. The van der Waals surface area contributed by atoms with Crippen molar-refractivity contribution >= 4 is 5.57 Å². The second kappa shape index (κ2) is 8.70. The number of benzene rings is 3. The van der Waals surface area contributed by atoms with Gasteiger partial charge in [0.1, 0.15) is 0 Å². The first-order chi connectivity index (χ1) is 12.8. The average molecular weight is 334 g/mol. The summed E-state index contributed by atoms with van der Waals surface area (Å²) in [4.78, 5) is 0. The molecule has 26 heavy (non-hydrogen) atoms. The fourth-order valence-electron chi connectivity index (χ4n) is 3.05. The Morgan fingerprint density at radius 2 is 1.27 bits per heavy atom. The van der Waals surface area contributed by atoms with Crippen molar-refractivity contribution in [1.82, 2.24) is 0 Å². The summed E-state index contributed by atoms with van der Waals surface area (Å²) in [6.45, 7) is 4.29. The quantitative estimate of drug-likeness (QED) is 0.357. The van der Waals surface area contributed by atoms with Crippen molar-refractivity contribution < 1.29 is 0 Å². The van der Waals surface area contributed by atoms with Crippen molar-refractivity contribution in [3.63, 3.8) is 0 Å². The summed E-state index contributed by atoms with van der Waals surface area (Å²) in [6.07, 6.45) is 8.70. The molecule has 0 heterocycles. The maximum atomic E-state index is 5.79. The molecule has 0 aliphatic carbocycles. The van der Waals surface area contributed by atoms with Crippen molar-refractivity contribution in [2.45, 2.75) is 12.3 Å². The number of allylic oxidation sites excluding steroid dienone is 2. The zero-order valence-electron chi connectivity index (χ0n) is 14.8. The van der Waals surface area contributed by atoms with Gasteiger partial charge in [-0.2, -0.15) is 0 Å². The van der Waals surface area contributed by atoms with Gasteiger partial charge in [0, 0.05) is 5.92 Å². The highest BCUT2D eigenvalue weighted by Crippen LogP contribution is 2.28. The third-order valence-electron chi connectivity index (χ3n) is 4.39. The van der Waals surface area contributed by atoms with Gasteiger partial charge in [-0.3, -0.25) is 0 Å². The molecule has 0 amide bonds. The molecule has 3 aromatic carbocycles. The molecule has 0 aliphatic heterocycles. The van der Waals surface area contributed by atoms with Crippen LogP contribution in [0.4, 0.5) is 0 Å². The lowest BCUT2D eigenvalue weighted by molar-refractivity contribution is 0.870. The van der Waals surface area contributed by atoms with Crippen molar-refractivity contribution in [3.05, 3.63) is 126 Å². The van der Waals surface area contributed by atoms with Gasteiger partial charge in [0.25, 0.3) is 0 Å². The fraction of sp³-hybridized carbons (Fsp3) is 0.0769. The molecule has 0 bridgehead atoms. The molecule has 0 aromatic heterocycles. The van der Waals surface area contributed by atoms with Crippen LogP contribution in [0.1, 0.15) is 29.0 Å². The van der Waals surface area contributed by atoms with Crippen molar-refractivity contribution in [2.24, 2.45) is 0 Å². The molecule has 0 spiro atoms. The van der Waals surface area contributed by atoms with Crippen LogP contribution in [-0.2, 0) is 0 Å². The second-order valence-electron chi connectivity index (χ2n) is 6.28. The van der Waals surface area contributed by atoms with E-state index < -0.39 is 0 Å². The van der Waals surface area contributed by atoms with E-state index in [0.29, 0.717) is 0 Å². The SMILES string of the molecule is C#CC(CC(=C)C=C(c1ccccc1)c1ccccc1)c1ccccc1. The third-order valence-corrected chi connectivity index (χ3v) is 4.39. The fourth-order valence-corrected chi connectivity index (χ4v) is 3.05. The maximum Gasteiger partial charge on any atom is 0.0489 e. The van der Waals surface area contributed by atoms with Crippen LogP contribution >= 0.6 is 0 Å². The molecule has 0 heteroatoms. The normalized spacial score (nSPS) is 11.2. The van der Waals surface area contributed by atoms with Crippen LogP contribution < -0.4 is 0 Å². The van der Waals surface area contributed by atoms with Gasteiger partial charge in [-0.15, -0.1) is 6.42 Å². The Balaban J connectivity index is 1.90. The van der Waals surface area contributed by atoms with Gasteiger partial charge in [0.2, 0.25) is 0 Å². The maximum absolute atomic E-state index is 5.79. The van der Waals surface area contributed by atoms with Gasteiger partial charge < -0.3 is 0 Å². The van der Waals surface area contributed by atoms with Gasteiger partial charge in [-0.25, -0.2) is 0 Å². The monoisotopic (exact) mass is 334 g/mol. The lowest BCUT2D eigenvalue weighted by Crippen LogP contribution is -1.97. The minimum absolute atomic E-state index is 0.0350. The predicted octanol–water partition coefficient (Wildman–Crippen LogP) is 6.48. The minimum Gasteiger partial charge on any atom is -0.119 e. The molecule has 0 nitrogen and oxygen atoms in total. The molecule has 126 valence electrons. The summed E-state index contributed by atoms with van der Waals surface area (Å²) in [7, 11) is 0. The van der Waals surface area contributed by atoms with Crippen molar-refractivity contribution in [2.75, 3.05) is 0 Å². The van der Waals surface area contributed by atoms with E-state index in [9.17, 15) is 0 Å². The zero-order chi connectivity index (χ0) is 18.2. The summed E-state index contributed by atoms with van der Waals surface area (Å²) in [5.74, 6) is 2.95. The zero-order valence-corrected chi connectivity index (χ0v) is 14.8. The van der Waals surface area contributed by atoms with Crippen LogP contribution in [0.3, 0.4) is 0 Å². The van der Waals surface area contributed by atoms with Gasteiger partial charge in [-0.1, -0.05) is 115 Å². The van der Waals surface area contributed by atoms with Crippen LogP contribution in [0, 0.1) is 12.3 Å². The van der Waals surface area contributed by atoms with Crippen molar-refractivity contribution in [3.8, 4) is 12.3 Å². The van der Waals surface area contributed by atoms with E-state index in [-0.39, 0.29) is 5.92 Å². The third kappa shape index (κ3) is 4.41. The van der Waals surface area contributed by atoms with Gasteiger partial charge in [0.15, 0.2) is 0 Å². The van der Waals surface area contributed by atoms with Gasteiger partial charge in [0.05, 0.1) is 0 Å². The summed E-state index contributed by atoms with van der Waals surface area (Å²) < 4.78 is 0. The smallest absolute Gasteiger partial charge is 0.0489 e. The standard InChI is InChI=1S/C26H22/c1-3-22(23-13-7-4-8-14-23)19-21(2)20-26(24-15-9-5-10-16-24)25-17-11-6-12-18-25/h1,4-18,20,22H,2,19H2. The molecular weight excluding hydrogens is 312 g/mol. The van der Waals surface area contributed by atoms with Gasteiger partial charge >= 0.3 is 0 Å². The Kier molecular flexibility index (Phi) is 5.86. The highest BCUT2D eigenvalue weighted by Gasteiger charge is 2.11. The van der Waals surface area contributed by atoms with Crippen LogP contribution in [-0.4, -0.2) is 0 Å². The summed E-state index contributed by atoms with van der Waals surface area (Å²) in [5.41, 5.74) is 5.71. The molecule has 0 fully saturated rings. The molecule has 0 N–H and O–H groups in total. The van der Waals surface area contributed by atoms with E-state index in [1.807, 2.05) is 30.3 Å². The lowest BCUT2D eigenvalue weighted by Gasteiger charge is -2.14. The van der Waals surface area contributed by atoms with E-state index in [1.165, 1.54) is 16.7 Å². The molecule has 0 radical (unpaired) electrons. The first-order valence-electron chi connectivity index (χ1n) is 8.79. The summed E-state index contributed by atoms with van der Waals surface area (Å²) in [6, 6.07) is 31.0. The van der Waals surface area contributed by atoms with E-state index in [4.69, 9.17) is 6.42 Å². The summed E-state index contributed by atoms with van der Waals surface area (Å²) >= 11 is 0. The van der Waals surface area contributed by atoms with E-state index in [2.05, 4.69) is 79.2 Å². The molecule has 1 unspecified atom stereocenters. The largest absolute Gasteiger partial charge is 0.119 e. The van der Waals surface area contributed by atoms with E-state index >= 15 is 0 Å². The Labute approximate surface area is 156 Å². The molecule has 0 aliphatic rings. The topological polar surface area (TPSA) is 0 Å². The van der Waals surface area contributed by atoms with E-state index in [1.54, 1.807) is 0 Å². The highest BCUT2D eigenvalue weighted by molar-refractivity contribution is 5.81. The van der Waals surface area contributed by atoms with Crippen LogP contribution in [0.5, 0.6) is 0 Å². The van der Waals surface area contributed by atoms with Crippen LogP contribution in [0.15, 0.2) is 109 Å². The Bertz CT molecular complexity index is 869. The van der Waals surface area contributed by atoms with Crippen molar-refractivity contribution in [1.29, 1.82) is 0 Å². The Morgan fingerprint density at radius 3 is 1.73 bits per heavy atom. The Hall–Kier alpha value is -3.30. The summed E-state index contributed by atoms with van der Waals surface area (Å²) in [5, 5.41) is 0. The van der Waals surface area contributed by atoms with E-state index in [0.717, 1.165) is 17.6 Å². The minimum atomic E-state index is 0.0350. The average Bonchev–Trinajstić information content (AvgIpc) is 2.72. The first-order valence-corrected chi connectivity index (χ1v) is 8.79. The number of hydrogen-bond acceptors (Lipinski definition) is 0. The number of hydrogen-bond donors (Lipinski definition) is 0. The van der Waals surface area contributed by atoms with Crippen LogP contribution in [0.25, 0.3) is 5.57 Å². The highest BCUT2D eigenvalue weighted by atomic mass is 14.1. The molecule has 0 saturated carbocycles. The molecule has 0 saturated heterocycles. The first kappa shape index (κ1) is 17.5. The van der Waals surface area contributed by atoms with Gasteiger partial charge in [-0.05, 0) is 28.7 Å². The molecule has 1 atom stereocenters. The predicted molar refractivity (Wildman–Crippen MR) is 112 cm³/mol. The molecule has 3 aromatic rings. The second-order valence-corrected chi connectivity index (χ2v) is 6.28. The molecule has 3 rings (SSSR count). The number of rotatable bonds is 6. The Morgan fingerprint density at radius 1 is 0.808 bits per heavy atom. The number of terminal acetylenes is 1. The van der Waals surface area contributed by atoms with Crippen LogP contribution in [0.2, 0.25) is 0 Å².